The molecule has 1 aliphatic rings. The van der Waals surface area contributed by atoms with Gasteiger partial charge in [0.15, 0.2) is 0 Å². The summed E-state index contributed by atoms with van der Waals surface area (Å²) < 4.78 is 0. The van der Waals surface area contributed by atoms with Crippen LogP contribution < -0.4 is 5.73 Å². The molecule has 118 valence electrons. The monoisotopic (exact) mass is 287 g/mol. The summed E-state index contributed by atoms with van der Waals surface area (Å²) in [5.41, 5.74) is 10.7. The summed E-state index contributed by atoms with van der Waals surface area (Å²) in [7, 11) is 0. The minimum Gasteiger partial charge on any atom is -0.330 e. The Hall–Kier alpha value is -1.08. The fourth-order valence-electron chi connectivity index (χ4n) is 4.19. The van der Waals surface area contributed by atoms with Crippen molar-refractivity contribution in [3.63, 3.8) is 0 Å². The second-order valence-corrected chi connectivity index (χ2v) is 7.31. The van der Waals surface area contributed by atoms with E-state index in [9.17, 15) is 0 Å². The molecule has 1 nitrogen and oxygen atoms in total. The Kier molecular flexibility index (Phi) is 5.44. The minimum atomic E-state index is -0.0179. The zero-order chi connectivity index (χ0) is 16.4. The van der Waals surface area contributed by atoms with E-state index in [0.29, 0.717) is 5.92 Å². The number of allylic oxidation sites excluding steroid dienone is 4. The fourth-order valence-corrected chi connectivity index (χ4v) is 4.19. The van der Waals surface area contributed by atoms with Crippen molar-refractivity contribution in [3.05, 3.63) is 48.6 Å². The van der Waals surface area contributed by atoms with Crippen LogP contribution >= 0.6 is 0 Å². The van der Waals surface area contributed by atoms with Crippen LogP contribution in [0.1, 0.15) is 53.4 Å². The van der Waals surface area contributed by atoms with E-state index in [1.165, 1.54) is 22.3 Å². The van der Waals surface area contributed by atoms with Gasteiger partial charge >= 0.3 is 0 Å². The van der Waals surface area contributed by atoms with Crippen molar-refractivity contribution >= 4 is 0 Å². The first kappa shape index (κ1) is 18.0. The van der Waals surface area contributed by atoms with Gasteiger partial charge in [-0.3, -0.25) is 0 Å². The molecule has 0 atom stereocenters. The van der Waals surface area contributed by atoms with E-state index < -0.39 is 0 Å². The third-order valence-electron chi connectivity index (χ3n) is 5.72. The summed E-state index contributed by atoms with van der Waals surface area (Å²) >= 11 is 0. The Morgan fingerprint density at radius 2 is 1.19 bits per heavy atom. The Labute approximate surface area is 131 Å². The molecule has 2 N–H and O–H groups in total. The number of rotatable bonds is 6. The van der Waals surface area contributed by atoms with Crippen molar-refractivity contribution in [1.29, 1.82) is 0 Å². The first-order chi connectivity index (χ1) is 9.62. The van der Waals surface area contributed by atoms with Crippen LogP contribution in [0.15, 0.2) is 48.6 Å². The van der Waals surface area contributed by atoms with Gasteiger partial charge in [-0.1, -0.05) is 48.6 Å². The van der Waals surface area contributed by atoms with Crippen LogP contribution in [0.4, 0.5) is 0 Å². The average molecular weight is 287 g/mol. The molecule has 21 heavy (non-hydrogen) atoms. The first-order valence-corrected chi connectivity index (χ1v) is 7.96. The maximum atomic E-state index is 5.85. The van der Waals surface area contributed by atoms with Gasteiger partial charge in [0, 0.05) is 10.8 Å². The van der Waals surface area contributed by atoms with Gasteiger partial charge in [0.05, 0.1) is 0 Å². The average Bonchev–Trinajstić information content (AvgIpc) is 2.37. The molecule has 1 saturated carbocycles. The van der Waals surface area contributed by atoms with Crippen LogP contribution in [0.2, 0.25) is 0 Å². The van der Waals surface area contributed by atoms with Gasteiger partial charge in [0.1, 0.15) is 0 Å². The molecule has 1 fully saturated rings. The lowest BCUT2D eigenvalue weighted by Crippen LogP contribution is -2.43. The van der Waals surface area contributed by atoms with Crippen molar-refractivity contribution in [2.45, 2.75) is 53.4 Å². The van der Waals surface area contributed by atoms with Crippen LogP contribution in [0, 0.1) is 16.7 Å². The molecule has 1 rings (SSSR count). The van der Waals surface area contributed by atoms with E-state index in [1.54, 1.807) is 0 Å². The Morgan fingerprint density at radius 3 is 1.43 bits per heavy atom. The molecule has 0 aromatic rings. The van der Waals surface area contributed by atoms with Crippen LogP contribution in [-0.4, -0.2) is 6.54 Å². The molecule has 0 saturated heterocycles. The third kappa shape index (κ3) is 3.08. The molecule has 0 aromatic carbocycles. The third-order valence-corrected chi connectivity index (χ3v) is 5.72. The highest BCUT2D eigenvalue weighted by Crippen LogP contribution is 2.60. The zero-order valence-corrected chi connectivity index (χ0v) is 14.5. The number of hydrogen-bond acceptors (Lipinski definition) is 1. The molecule has 0 heterocycles. The van der Waals surface area contributed by atoms with Gasteiger partial charge in [0.2, 0.25) is 0 Å². The molecular formula is C20H33N. The van der Waals surface area contributed by atoms with Gasteiger partial charge in [0.25, 0.3) is 0 Å². The van der Waals surface area contributed by atoms with Crippen molar-refractivity contribution < 1.29 is 0 Å². The Morgan fingerprint density at radius 1 is 0.857 bits per heavy atom. The van der Waals surface area contributed by atoms with Crippen molar-refractivity contribution in [2.24, 2.45) is 22.5 Å². The summed E-state index contributed by atoms with van der Waals surface area (Å²) in [4.78, 5) is 0. The highest BCUT2D eigenvalue weighted by atomic mass is 14.6. The van der Waals surface area contributed by atoms with Crippen LogP contribution in [0.5, 0.6) is 0 Å². The highest BCUT2D eigenvalue weighted by molar-refractivity contribution is 5.34. The molecule has 0 radical (unpaired) electrons. The van der Waals surface area contributed by atoms with Crippen molar-refractivity contribution in [2.75, 3.05) is 6.54 Å². The fraction of sp³-hybridized carbons (Fsp3) is 0.600. The van der Waals surface area contributed by atoms with Crippen LogP contribution in [-0.2, 0) is 0 Å². The number of nitrogens with two attached hydrogens (primary N) is 1. The maximum Gasteiger partial charge on any atom is 0.0124 e. The topological polar surface area (TPSA) is 26.0 Å². The maximum absolute atomic E-state index is 5.85. The van der Waals surface area contributed by atoms with E-state index in [1.807, 2.05) is 0 Å². The summed E-state index contributed by atoms with van der Waals surface area (Å²) in [6.07, 6.45) is 4.27. The largest absolute Gasteiger partial charge is 0.330 e. The molecule has 0 amide bonds. The van der Waals surface area contributed by atoms with E-state index in [4.69, 9.17) is 5.73 Å². The standard InChI is InChI=1S/C20H33N/c1-14(2)19(15(3)4)11-18(9-10-21)12-20(13-19,16(5)6)17(7)8/h18H,1,3,5,7,9-13,21H2,2,4,6,8H3. The highest BCUT2D eigenvalue weighted by Gasteiger charge is 2.49. The van der Waals surface area contributed by atoms with Crippen LogP contribution in [0.3, 0.4) is 0 Å². The molecule has 1 aliphatic carbocycles. The SMILES string of the molecule is C=C(C)C1(C(=C)C)CC(CCN)CC(C(=C)C)(C(=C)C)C1. The molecule has 0 spiro atoms. The predicted octanol–water partition coefficient (Wildman–Crippen LogP) is 5.41. The second kappa shape index (κ2) is 6.36. The summed E-state index contributed by atoms with van der Waals surface area (Å²) in [5, 5.41) is 0. The summed E-state index contributed by atoms with van der Waals surface area (Å²) in [5.74, 6) is 0.575. The summed E-state index contributed by atoms with van der Waals surface area (Å²) in [6.45, 7) is 26.5. The Balaban J connectivity index is 3.42. The molecular weight excluding hydrogens is 254 g/mol. The number of hydrogen-bond donors (Lipinski definition) is 1. The van der Waals surface area contributed by atoms with Crippen molar-refractivity contribution in [1.82, 2.24) is 0 Å². The lowest BCUT2D eigenvalue weighted by molar-refractivity contribution is 0.113. The molecule has 0 unspecified atom stereocenters. The lowest BCUT2D eigenvalue weighted by atomic mass is 9.51. The smallest absolute Gasteiger partial charge is 0.0124 e. The lowest BCUT2D eigenvalue weighted by Gasteiger charge is -2.53. The molecule has 0 bridgehead atoms. The van der Waals surface area contributed by atoms with Gasteiger partial charge in [-0.2, -0.15) is 0 Å². The van der Waals surface area contributed by atoms with E-state index in [2.05, 4.69) is 54.0 Å². The first-order valence-electron chi connectivity index (χ1n) is 7.96. The van der Waals surface area contributed by atoms with E-state index in [-0.39, 0.29) is 10.8 Å². The van der Waals surface area contributed by atoms with Gasteiger partial charge in [-0.25, -0.2) is 0 Å². The quantitative estimate of drug-likeness (QED) is 0.649. The molecule has 1 heteroatoms. The molecule has 0 aromatic heterocycles. The zero-order valence-electron chi connectivity index (χ0n) is 14.5. The van der Waals surface area contributed by atoms with Gasteiger partial charge < -0.3 is 5.73 Å². The predicted molar refractivity (Wildman–Crippen MR) is 95.1 cm³/mol. The Bertz CT molecular complexity index is 398. The minimum absolute atomic E-state index is 0.0179. The van der Waals surface area contributed by atoms with Crippen LogP contribution in [0.25, 0.3) is 0 Å². The van der Waals surface area contributed by atoms with E-state index >= 15 is 0 Å². The molecule has 0 aliphatic heterocycles. The van der Waals surface area contributed by atoms with Gasteiger partial charge in [-0.15, -0.1) is 0 Å². The summed E-state index contributed by atoms with van der Waals surface area (Å²) in [6, 6.07) is 0. The van der Waals surface area contributed by atoms with E-state index in [0.717, 1.165) is 32.2 Å². The van der Waals surface area contributed by atoms with Crippen molar-refractivity contribution in [3.8, 4) is 0 Å². The van der Waals surface area contributed by atoms with Gasteiger partial charge in [-0.05, 0) is 65.8 Å². The normalized spacial score (nSPS) is 20.8. The second-order valence-electron chi connectivity index (χ2n) is 7.31.